The summed E-state index contributed by atoms with van der Waals surface area (Å²) in [5.74, 6) is 1.97. The fraction of sp³-hybridized carbons (Fsp3) is 0.400. The quantitative estimate of drug-likeness (QED) is 0.629. The van der Waals surface area contributed by atoms with Gasteiger partial charge in [0.05, 0.1) is 13.2 Å². The highest BCUT2D eigenvalue weighted by molar-refractivity contribution is 5.54. The summed E-state index contributed by atoms with van der Waals surface area (Å²) in [6.07, 6.45) is 5.28. The number of nitrogen functional groups attached to an aromatic ring is 1. The van der Waals surface area contributed by atoms with Crippen LogP contribution in [0.3, 0.4) is 0 Å². The third-order valence-corrected chi connectivity index (χ3v) is 5.45. The zero-order valence-corrected chi connectivity index (χ0v) is 16.8. The molecule has 2 aliphatic heterocycles. The molecule has 2 fully saturated rings. The number of hydrogen-bond acceptors (Lipinski definition) is 9. The zero-order valence-electron chi connectivity index (χ0n) is 16.8. The van der Waals surface area contributed by atoms with Gasteiger partial charge in [0.25, 0.3) is 0 Å². The lowest BCUT2D eigenvalue weighted by atomic mass is 10.2. The molecule has 1 aromatic carbocycles. The number of aromatic nitrogens is 5. The summed E-state index contributed by atoms with van der Waals surface area (Å²) in [6.45, 7) is 6.37. The van der Waals surface area contributed by atoms with Crippen molar-refractivity contribution in [2.24, 2.45) is 0 Å². The summed E-state index contributed by atoms with van der Waals surface area (Å²) in [5, 5.41) is 0. The average molecular weight is 407 g/mol. The van der Waals surface area contributed by atoms with Crippen molar-refractivity contribution in [3.8, 4) is 5.95 Å². The molecule has 0 bridgehead atoms. The van der Waals surface area contributed by atoms with Crippen LogP contribution >= 0.6 is 0 Å². The normalized spacial score (nSPS) is 17.4. The Hall–Kier alpha value is -3.40. The maximum absolute atomic E-state index is 5.82. The van der Waals surface area contributed by atoms with Gasteiger partial charge in [-0.05, 0) is 24.3 Å². The number of imidazole rings is 1. The highest BCUT2D eigenvalue weighted by Crippen LogP contribution is 2.22. The Morgan fingerprint density at radius 2 is 1.33 bits per heavy atom. The van der Waals surface area contributed by atoms with E-state index in [9.17, 15) is 0 Å². The van der Waals surface area contributed by atoms with Gasteiger partial charge in [0, 0.05) is 63.0 Å². The van der Waals surface area contributed by atoms with Crippen molar-refractivity contribution in [1.82, 2.24) is 24.5 Å². The Morgan fingerprint density at radius 1 is 0.733 bits per heavy atom. The van der Waals surface area contributed by atoms with Crippen LogP contribution in [0.5, 0.6) is 0 Å². The molecule has 2 N–H and O–H groups in total. The van der Waals surface area contributed by atoms with Gasteiger partial charge in [-0.2, -0.15) is 15.0 Å². The van der Waals surface area contributed by atoms with E-state index in [4.69, 9.17) is 20.4 Å². The van der Waals surface area contributed by atoms with Gasteiger partial charge < -0.3 is 25.2 Å². The molecule has 3 aromatic rings. The molecule has 2 aliphatic rings. The Labute approximate surface area is 174 Å². The number of nitrogens with two attached hydrogens (primary N) is 1. The van der Waals surface area contributed by atoms with E-state index in [0.717, 1.165) is 45.0 Å². The van der Waals surface area contributed by atoms with Gasteiger partial charge in [-0.25, -0.2) is 4.98 Å². The predicted octanol–water partition coefficient (Wildman–Crippen LogP) is 0.803. The molecular weight excluding hydrogens is 382 g/mol. The van der Waals surface area contributed by atoms with E-state index in [1.807, 2.05) is 22.9 Å². The second-order valence-electron chi connectivity index (χ2n) is 7.37. The van der Waals surface area contributed by atoms with Crippen LogP contribution in [-0.2, 0) is 4.74 Å². The van der Waals surface area contributed by atoms with E-state index in [2.05, 4.69) is 36.8 Å². The number of ether oxygens (including phenoxy) is 1. The van der Waals surface area contributed by atoms with Crippen LogP contribution in [0.25, 0.3) is 5.95 Å². The van der Waals surface area contributed by atoms with Gasteiger partial charge in [0.2, 0.25) is 17.8 Å². The summed E-state index contributed by atoms with van der Waals surface area (Å²) in [5.41, 5.74) is 7.79. The summed E-state index contributed by atoms with van der Waals surface area (Å²) >= 11 is 0. The number of anilines is 4. The molecule has 2 aromatic heterocycles. The topological polar surface area (TPSA) is 101 Å². The second kappa shape index (κ2) is 8.15. The third kappa shape index (κ3) is 3.86. The molecule has 4 heterocycles. The summed E-state index contributed by atoms with van der Waals surface area (Å²) in [6, 6.07) is 8.03. The second-order valence-corrected chi connectivity index (χ2v) is 7.37. The number of hydrogen-bond donors (Lipinski definition) is 1. The van der Waals surface area contributed by atoms with Crippen molar-refractivity contribution in [2.45, 2.75) is 0 Å². The Kier molecular flexibility index (Phi) is 5.06. The molecule has 30 heavy (non-hydrogen) atoms. The maximum atomic E-state index is 5.82. The molecule has 0 spiro atoms. The lowest BCUT2D eigenvalue weighted by molar-refractivity contribution is 0.122. The lowest BCUT2D eigenvalue weighted by Crippen LogP contribution is -2.47. The largest absolute Gasteiger partial charge is 0.399 e. The minimum absolute atomic E-state index is 0.583. The monoisotopic (exact) mass is 407 g/mol. The first-order valence-corrected chi connectivity index (χ1v) is 10.2. The van der Waals surface area contributed by atoms with Crippen molar-refractivity contribution in [3.05, 3.63) is 43.0 Å². The summed E-state index contributed by atoms with van der Waals surface area (Å²) < 4.78 is 7.30. The highest BCUT2D eigenvalue weighted by Gasteiger charge is 2.23. The SMILES string of the molecule is Nc1ccc(N2CCN(c3nc(N4CCOCC4)nc(-n4ccnc4)n3)CC2)cc1. The van der Waals surface area contributed by atoms with Crippen LogP contribution in [0.4, 0.5) is 23.3 Å². The van der Waals surface area contributed by atoms with Crippen LogP contribution in [0.15, 0.2) is 43.0 Å². The molecule has 2 saturated heterocycles. The summed E-state index contributed by atoms with van der Waals surface area (Å²) in [7, 11) is 0. The molecule has 10 heteroatoms. The molecule has 0 unspecified atom stereocenters. The number of morpholine rings is 1. The first kappa shape index (κ1) is 18.6. The van der Waals surface area contributed by atoms with Crippen molar-refractivity contribution >= 4 is 23.3 Å². The van der Waals surface area contributed by atoms with Crippen LogP contribution < -0.4 is 20.4 Å². The molecule has 0 amide bonds. The number of nitrogens with zero attached hydrogens (tertiary/aromatic N) is 8. The lowest BCUT2D eigenvalue weighted by Gasteiger charge is -2.36. The minimum atomic E-state index is 0.583. The standard InChI is InChI=1S/C20H25N9O/c21-16-1-3-17(4-2-16)26-7-9-27(10-8-26)18-23-19(28-11-13-30-14-12-28)25-20(24-18)29-6-5-22-15-29/h1-6,15H,7-14,21H2. The van der Waals surface area contributed by atoms with Gasteiger partial charge in [0.15, 0.2) is 0 Å². The predicted molar refractivity (Wildman–Crippen MR) is 115 cm³/mol. The van der Waals surface area contributed by atoms with Crippen molar-refractivity contribution < 1.29 is 4.74 Å². The van der Waals surface area contributed by atoms with Crippen LogP contribution in [-0.4, -0.2) is 77.0 Å². The smallest absolute Gasteiger partial charge is 0.241 e. The van der Waals surface area contributed by atoms with Gasteiger partial charge in [-0.15, -0.1) is 0 Å². The minimum Gasteiger partial charge on any atom is -0.399 e. The Balaban J connectivity index is 1.38. The van der Waals surface area contributed by atoms with Gasteiger partial charge >= 0.3 is 0 Å². The van der Waals surface area contributed by atoms with E-state index >= 15 is 0 Å². The number of benzene rings is 1. The maximum Gasteiger partial charge on any atom is 0.241 e. The van der Waals surface area contributed by atoms with E-state index in [1.54, 1.807) is 12.5 Å². The van der Waals surface area contributed by atoms with Crippen LogP contribution in [0, 0.1) is 0 Å². The molecule has 0 atom stereocenters. The van der Waals surface area contributed by atoms with Crippen molar-refractivity contribution in [3.63, 3.8) is 0 Å². The molecule has 10 nitrogen and oxygen atoms in total. The fourth-order valence-corrected chi connectivity index (χ4v) is 3.73. The molecule has 0 radical (unpaired) electrons. The number of rotatable bonds is 4. The van der Waals surface area contributed by atoms with Crippen LogP contribution in [0.1, 0.15) is 0 Å². The molecular formula is C20H25N9O. The van der Waals surface area contributed by atoms with E-state index in [0.29, 0.717) is 31.1 Å². The third-order valence-electron chi connectivity index (χ3n) is 5.45. The van der Waals surface area contributed by atoms with Crippen LogP contribution in [0.2, 0.25) is 0 Å². The molecule has 5 rings (SSSR count). The Morgan fingerprint density at radius 3 is 1.97 bits per heavy atom. The molecule has 0 saturated carbocycles. The number of piperazine rings is 1. The fourth-order valence-electron chi connectivity index (χ4n) is 3.73. The Bertz CT molecular complexity index is 962. The first-order valence-electron chi connectivity index (χ1n) is 10.2. The highest BCUT2D eigenvalue weighted by atomic mass is 16.5. The van der Waals surface area contributed by atoms with E-state index in [1.165, 1.54) is 5.69 Å². The zero-order chi connectivity index (χ0) is 20.3. The first-order chi connectivity index (χ1) is 14.8. The van der Waals surface area contributed by atoms with Crippen molar-refractivity contribution in [1.29, 1.82) is 0 Å². The summed E-state index contributed by atoms with van der Waals surface area (Å²) in [4.78, 5) is 25.1. The molecule has 0 aliphatic carbocycles. The van der Waals surface area contributed by atoms with E-state index in [-0.39, 0.29) is 0 Å². The molecule has 156 valence electrons. The van der Waals surface area contributed by atoms with Gasteiger partial charge in [0.1, 0.15) is 6.33 Å². The van der Waals surface area contributed by atoms with E-state index < -0.39 is 0 Å². The van der Waals surface area contributed by atoms with Crippen molar-refractivity contribution in [2.75, 3.05) is 72.9 Å². The average Bonchev–Trinajstić information content (AvgIpc) is 3.35. The van der Waals surface area contributed by atoms with Gasteiger partial charge in [-0.1, -0.05) is 0 Å². The van der Waals surface area contributed by atoms with Gasteiger partial charge in [-0.3, -0.25) is 4.57 Å².